The highest BCUT2D eigenvalue weighted by Crippen LogP contribution is 2.09. The van der Waals surface area contributed by atoms with Crippen molar-refractivity contribution in [3.63, 3.8) is 0 Å². The number of amides is 2. The van der Waals surface area contributed by atoms with Gasteiger partial charge in [0.15, 0.2) is 6.61 Å². The van der Waals surface area contributed by atoms with Gasteiger partial charge in [-0.15, -0.1) is 0 Å². The smallest absolute Gasteiger partial charge is 0.329 e. The summed E-state index contributed by atoms with van der Waals surface area (Å²) in [5, 5.41) is 5.57. The SMILES string of the molecule is CCCC(NC(=O)c1ccccc1)C(=O)OCC(=O)Nc1ccc(Cl)cn1. The number of nitrogens with zero attached hydrogens (tertiary/aromatic N) is 1. The first kappa shape index (κ1) is 20.4. The van der Waals surface area contributed by atoms with Crippen molar-refractivity contribution in [3.05, 3.63) is 59.2 Å². The molecule has 2 rings (SSSR count). The molecule has 142 valence electrons. The summed E-state index contributed by atoms with van der Waals surface area (Å²) >= 11 is 5.72. The molecular weight excluding hydrogens is 370 g/mol. The molecule has 2 aromatic rings. The van der Waals surface area contributed by atoms with Crippen LogP contribution < -0.4 is 10.6 Å². The first-order valence-electron chi connectivity index (χ1n) is 8.43. The lowest BCUT2D eigenvalue weighted by Crippen LogP contribution is -2.42. The maximum atomic E-state index is 12.3. The molecule has 0 spiro atoms. The van der Waals surface area contributed by atoms with Crippen LogP contribution in [0.3, 0.4) is 0 Å². The lowest BCUT2D eigenvalue weighted by atomic mass is 10.1. The van der Waals surface area contributed by atoms with Gasteiger partial charge in [-0.2, -0.15) is 0 Å². The second kappa shape index (κ2) is 10.3. The Morgan fingerprint density at radius 3 is 2.52 bits per heavy atom. The Morgan fingerprint density at radius 1 is 1.15 bits per heavy atom. The number of pyridine rings is 1. The molecule has 0 radical (unpaired) electrons. The highest BCUT2D eigenvalue weighted by atomic mass is 35.5. The predicted octanol–water partition coefficient (Wildman–Crippen LogP) is 2.82. The zero-order valence-corrected chi connectivity index (χ0v) is 15.5. The van der Waals surface area contributed by atoms with Gasteiger partial charge in [-0.1, -0.05) is 43.1 Å². The summed E-state index contributed by atoms with van der Waals surface area (Å²) in [6.45, 7) is 1.40. The standard InChI is InChI=1S/C19H20ClN3O4/c1-2-6-15(22-18(25)13-7-4-3-5-8-13)19(26)27-12-17(24)23-16-10-9-14(20)11-21-16/h3-5,7-11,15H,2,6,12H2,1H3,(H,22,25)(H,21,23,24). The number of aromatic nitrogens is 1. The van der Waals surface area contributed by atoms with Crippen LogP contribution in [0.15, 0.2) is 48.7 Å². The third-order valence-corrected chi connectivity index (χ3v) is 3.77. The van der Waals surface area contributed by atoms with E-state index in [2.05, 4.69) is 15.6 Å². The fourth-order valence-electron chi connectivity index (χ4n) is 2.23. The maximum Gasteiger partial charge on any atom is 0.329 e. The molecule has 1 aromatic heterocycles. The largest absolute Gasteiger partial charge is 0.454 e. The number of carbonyl (C=O) groups excluding carboxylic acids is 3. The third kappa shape index (κ3) is 6.71. The van der Waals surface area contributed by atoms with E-state index in [1.54, 1.807) is 36.4 Å². The third-order valence-electron chi connectivity index (χ3n) is 3.54. The van der Waals surface area contributed by atoms with Crippen molar-refractivity contribution in [2.45, 2.75) is 25.8 Å². The van der Waals surface area contributed by atoms with Gasteiger partial charge < -0.3 is 15.4 Å². The number of hydrogen-bond acceptors (Lipinski definition) is 5. The summed E-state index contributed by atoms with van der Waals surface area (Å²) in [5.74, 6) is -1.29. The van der Waals surface area contributed by atoms with Gasteiger partial charge >= 0.3 is 5.97 Å². The van der Waals surface area contributed by atoms with Crippen molar-refractivity contribution in [1.82, 2.24) is 10.3 Å². The van der Waals surface area contributed by atoms with Crippen LogP contribution in [0.2, 0.25) is 5.02 Å². The highest BCUT2D eigenvalue weighted by Gasteiger charge is 2.23. The molecular formula is C19H20ClN3O4. The summed E-state index contributed by atoms with van der Waals surface area (Å²) in [6, 6.07) is 10.8. The molecule has 7 nitrogen and oxygen atoms in total. The van der Waals surface area contributed by atoms with E-state index < -0.39 is 24.5 Å². The Kier molecular flexibility index (Phi) is 7.76. The molecule has 1 unspecified atom stereocenters. The van der Waals surface area contributed by atoms with E-state index in [9.17, 15) is 14.4 Å². The number of ether oxygens (including phenoxy) is 1. The van der Waals surface area contributed by atoms with E-state index in [1.807, 2.05) is 6.92 Å². The number of esters is 1. The predicted molar refractivity (Wildman–Crippen MR) is 101 cm³/mol. The Morgan fingerprint density at radius 2 is 1.89 bits per heavy atom. The van der Waals surface area contributed by atoms with E-state index in [4.69, 9.17) is 16.3 Å². The maximum absolute atomic E-state index is 12.3. The second-order valence-electron chi connectivity index (χ2n) is 5.70. The van der Waals surface area contributed by atoms with E-state index in [1.165, 1.54) is 12.3 Å². The lowest BCUT2D eigenvalue weighted by molar-refractivity contribution is -0.149. The molecule has 0 saturated heterocycles. The number of anilines is 1. The van der Waals surface area contributed by atoms with E-state index in [0.29, 0.717) is 29.2 Å². The van der Waals surface area contributed by atoms with Gasteiger partial charge in [-0.05, 0) is 30.7 Å². The van der Waals surface area contributed by atoms with Crippen LogP contribution in [0, 0.1) is 0 Å². The number of hydrogen-bond donors (Lipinski definition) is 2. The Hall–Kier alpha value is -2.93. The molecule has 1 atom stereocenters. The van der Waals surface area contributed by atoms with E-state index in [0.717, 1.165) is 0 Å². The molecule has 1 aromatic carbocycles. The summed E-state index contributed by atoms with van der Waals surface area (Å²) in [4.78, 5) is 40.3. The molecule has 8 heteroatoms. The first-order valence-corrected chi connectivity index (χ1v) is 8.81. The molecule has 1 heterocycles. The van der Waals surface area contributed by atoms with Gasteiger partial charge in [-0.25, -0.2) is 9.78 Å². The molecule has 0 aliphatic heterocycles. The fraction of sp³-hybridized carbons (Fsp3) is 0.263. The van der Waals surface area contributed by atoms with Crippen LogP contribution in [-0.4, -0.2) is 35.4 Å². The fourth-order valence-corrected chi connectivity index (χ4v) is 2.35. The second-order valence-corrected chi connectivity index (χ2v) is 6.13. The minimum atomic E-state index is -0.829. The van der Waals surface area contributed by atoms with E-state index in [-0.39, 0.29) is 5.91 Å². The van der Waals surface area contributed by atoms with Crippen molar-refractivity contribution < 1.29 is 19.1 Å². The summed E-state index contributed by atoms with van der Waals surface area (Å²) in [5.41, 5.74) is 0.443. The Balaban J connectivity index is 1.87. The first-order chi connectivity index (χ1) is 13.0. The summed E-state index contributed by atoms with van der Waals surface area (Å²) in [6.07, 6.45) is 2.45. The average Bonchev–Trinajstić information content (AvgIpc) is 2.68. The van der Waals surface area contributed by atoms with Crippen LogP contribution in [0.4, 0.5) is 5.82 Å². The van der Waals surface area contributed by atoms with Gasteiger partial charge in [0, 0.05) is 11.8 Å². The molecule has 0 saturated carbocycles. The summed E-state index contributed by atoms with van der Waals surface area (Å²) in [7, 11) is 0. The normalized spacial score (nSPS) is 11.3. The van der Waals surface area contributed by atoms with Gasteiger partial charge in [0.2, 0.25) is 0 Å². The van der Waals surface area contributed by atoms with Crippen molar-refractivity contribution in [2.75, 3.05) is 11.9 Å². The van der Waals surface area contributed by atoms with E-state index >= 15 is 0 Å². The topological polar surface area (TPSA) is 97.4 Å². The number of benzene rings is 1. The van der Waals surface area contributed by atoms with Crippen molar-refractivity contribution in [3.8, 4) is 0 Å². The molecule has 2 N–H and O–H groups in total. The van der Waals surface area contributed by atoms with Crippen LogP contribution in [0.1, 0.15) is 30.1 Å². The van der Waals surface area contributed by atoms with Crippen molar-refractivity contribution >= 4 is 35.2 Å². The molecule has 0 bridgehead atoms. The Bertz CT molecular complexity index is 781. The zero-order chi connectivity index (χ0) is 19.6. The highest BCUT2D eigenvalue weighted by molar-refractivity contribution is 6.30. The molecule has 0 aliphatic carbocycles. The lowest BCUT2D eigenvalue weighted by Gasteiger charge is -2.17. The van der Waals surface area contributed by atoms with Gasteiger partial charge in [-0.3, -0.25) is 9.59 Å². The number of nitrogens with one attached hydrogen (secondary N) is 2. The quantitative estimate of drug-likeness (QED) is 0.676. The van der Waals surface area contributed by atoms with Gasteiger partial charge in [0.1, 0.15) is 11.9 Å². The van der Waals surface area contributed by atoms with Crippen LogP contribution in [-0.2, 0) is 14.3 Å². The number of halogens is 1. The minimum Gasteiger partial charge on any atom is -0.454 e. The molecule has 0 aliphatic rings. The number of rotatable bonds is 8. The number of carbonyl (C=O) groups is 3. The minimum absolute atomic E-state index is 0.294. The van der Waals surface area contributed by atoms with Crippen molar-refractivity contribution in [1.29, 1.82) is 0 Å². The van der Waals surface area contributed by atoms with Crippen LogP contribution >= 0.6 is 11.6 Å². The molecule has 27 heavy (non-hydrogen) atoms. The van der Waals surface area contributed by atoms with Gasteiger partial charge in [0.05, 0.1) is 5.02 Å². The molecule has 2 amide bonds. The van der Waals surface area contributed by atoms with Crippen molar-refractivity contribution in [2.24, 2.45) is 0 Å². The Labute approximate surface area is 162 Å². The van der Waals surface area contributed by atoms with Crippen LogP contribution in [0.25, 0.3) is 0 Å². The van der Waals surface area contributed by atoms with Crippen LogP contribution in [0.5, 0.6) is 0 Å². The monoisotopic (exact) mass is 389 g/mol. The average molecular weight is 390 g/mol. The molecule has 0 fully saturated rings. The zero-order valence-electron chi connectivity index (χ0n) is 14.8. The van der Waals surface area contributed by atoms with Gasteiger partial charge in [0.25, 0.3) is 11.8 Å². The summed E-state index contributed by atoms with van der Waals surface area (Å²) < 4.78 is 5.03.